The summed E-state index contributed by atoms with van der Waals surface area (Å²) in [6.07, 6.45) is 11.3. The van der Waals surface area contributed by atoms with E-state index >= 15 is 0 Å². The molecule has 1 unspecified atom stereocenters. The molecular weight excluding hydrogens is 328 g/mol. The van der Waals surface area contributed by atoms with E-state index in [-0.39, 0.29) is 17.9 Å². The molecule has 0 aromatic carbocycles. The second-order valence-corrected chi connectivity index (χ2v) is 9.27. The van der Waals surface area contributed by atoms with Crippen LogP contribution in [0, 0.1) is 23.2 Å². The summed E-state index contributed by atoms with van der Waals surface area (Å²) in [6, 6.07) is 3.04. The number of likely N-dealkylation sites (tertiary alicyclic amines) is 1. The maximum absolute atomic E-state index is 12.9. The topological polar surface area (TPSA) is 62.6 Å². The molecule has 0 radical (unpaired) electrons. The lowest BCUT2D eigenvalue weighted by Crippen LogP contribution is -2.53. The molecule has 140 valence electrons. The van der Waals surface area contributed by atoms with Crippen LogP contribution in [0.25, 0.3) is 0 Å². The standard InChI is InChI=1S/C21H28N2O3/c24-19(17-3-1-5-23(17)20(25)18-4-2-6-26-18)22-13-21-10-14-7-15(11-21)9-16(8-14)12-21/h2,4,6,14-17H,1,3,5,7-13H2,(H,22,24). The van der Waals surface area contributed by atoms with Gasteiger partial charge >= 0.3 is 0 Å². The van der Waals surface area contributed by atoms with Gasteiger partial charge in [-0.05, 0) is 86.7 Å². The fourth-order valence-corrected chi connectivity index (χ4v) is 6.72. The van der Waals surface area contributed by atoms with E-state index in [1.807, 2.05) is 0 Å². The average Bonchev–Trinajstić information content (AvgIpc) is 3.29. The van der Waals surface area contributed by atoms with Gasteiger partial charge in [0.1, 0.15) is 6.04 Å². The predicted octanol–water partition coefficient (Wildman–Crippen LogP) is 3.22. The maximum Gasteiger partial charge on any atom is 0.290 e. The molecule has 26 heavy (non-hydrogen) atoms. The van der Waals surface area contributed by atoms with Crippen molar-refractivity contribution in [2.75, 3.05) is 13.1 Å². The third-order valence-electron chi connectivity index (χ3n) is 7.35. The quantitative estimate of drug-likeness (QED) is 0.901. The summed E-state index contributed by atoms with van der Waals surface area (Å²) in [4.78, 5) is 27.2. The van der Waals surface area contributed by atoms with E-state index in [2.05, 4.69) is 5.32 Å². The Labute approximate surface area is 154 Å². The molecule has 1 aromatic rings. The Balaban J connectivity index is 1.23. The first-order valence-corrected chi connectivity index (χ1v) is 10.2. The zero-order valence-corrected chi connectivity index (χ0v) is 15.3. The number of nitrogens with one attached hydrogen (secondary N) is 1. The molecule has 4 bridgehead atoms. The summed E-state index contributed by atoms with van der Waals surface area (Å²) in [7, 11) is 0. The highest BCUT2D eigenvalue weighted by molar-refractivity contribution is 5.96. The normalized spacial score (nSPS) is 37.9. The minimum absolute atomic E-state index is 0.0261. The van der Waals surface area contributed by atoms with E-state index in [9.17, 15) is 9.59 Å². The molecule has 5 heteroatoms. The van der Waals surface area contributed by atoms with Crippen LogP contribution in [-0.2, 0) is 4.79 Å². The molecule has 1 aliphatic heterocycles. The van der Waals surface area contributed by atoms with Gasteiger partial charge in [0.25, 0.3) is 5.91 Å². The molecular formula is C21H28N2O3. The summed E-state index contributed by atoms with van der Waals surface area (Å²) < 4.78 is 5.24. The SMILES string of the molecule is O=C(NCC12CC3CC(CC(C3)C1)C2)C1CCCN1C(=O)c1ccco1. The van der Waals surface area contributed by atoms with Gasteiger partial charge in [0.2, 0.25) is 5.91 Å². The van der Waals surface area contributed by atoms with Crippen molar-refractivity contribution >= 4 is 11.8 Å². The van der Waals surface area contributed by atoms with Crippen LogP contribution in [0.3, 0.4) is 0 Å². The van der Waals surface area contributed by atoms with Crippen molar-refractivity contribution in [2.24, 2.45) is 23.2 Å². The first-order valence-electron chi connectivity index (χ1n) is 10.2. The van der Waals surface area contributed by atoms with Crippen molar-refractivity contribution in [3.05, 3.63) is 24.2 Å². The molecule has 2 amide bonds. The number of furan rings is 1. The van der Waals surface area contributed by atoms with Crippen LogP contribution >= 0.6 is 0 Å². The van der Waals surface area contributed by atoms with Gasteiger partial charge in [0.15, 0.2) is 5.76 Å². The molecule has 5 fully saturated rings. The number of carbonyl (C=O) groups is 2. The second kappa shape index (κ2) is 6.14. The Morgan fingerprint density at radius 3 is 2.46 bits per heavy atom. The Bertz CT molecular complexity index is 661. The Kier molecular flexibility index (Phi) is 3.87. The van der Waals surface area contributed by atoms with Gasteiger partial charge in [-0.3, -0.25) is 9.59 Å². The van der Waals surface area contributed by atoms with Crippen LogP contribution in [0.15, 0.2) is 22.8 Å². The number of amides is 2. The minimum atomic E-state index is -0.346. The van der Waals surface area contributed by atoms with Crippen molar-refractivity contribution in [3.8, 4) is 0 Å². The van der Waals surface area contributed by atoms with Crippen molar-refractivity contribution in [3.63, 3.8) is 0 Å². The number of rotatable bonds is 4. The van der Waals surface area contributed by atoms with E-state index in [1.165, 1.54) is 44.8 Å². The Morgan fingerprint density at radius 1 is 1.15 bits per heavy atom. The largest absolute Gasteiger partial charge is 0.459 e. The van der Waals surface area contributed by atoms with Crippen molar-refractivity contribution in [1.29, 1.82) is 0 Å². The Hall–Kier alpha value is -1.78. The van der Waals surface area contributed by atoms with Crippen LogP contribution in [0.1, 0.15) is 61.9 Å². The molecule has 6 rings (SSSR count). The molecule has 4 saturated carbocycles. The monoisotopic (exact) mass is 356 g/mol. The lowest BCUT2D eigenvalue weighted by Gasteiger charge is -2.57. The fraction of sp³-hybridized carbons (Fsp3) is 0.714. The second-order valence-electron chi connectivity index (χ2n) is 9.27. The summed E-state index contributed by atoms with van der Waals surface area (Å²) in [5.74, 6) is 2.86. The summed E-state index contributed by atoms with van der Waals surface area (Å²) in [6.45, 7) is 1.43. The van der Waals surface area contributed by atoms with Crippen molar-refractivity contribution in [2.45, 2.75) is 57.4 Å². The number of hydrogen-bond acceptors (Lipinski definition) is 3. The van der Waals surface area contributed by atoms with Crippen LogP contribution in [0.2, 0.25) is 0 Å². The van der Waals surface area contributed by atoms with E-state index in [0.717, 1.165) is 37.1 Å². The van der Waals surface area contributed by atoms with E-state index < -0.39 is 0 Å². The fourth-order valence-electron chi connectivity index (χ4n) is 6.72. The molecule has 1 saturated heterocycles. The minimum Gasteiger partial charge on any atom is -0.459 e. The number of nitrogens with zero attached hydrogens (tertiary/aromatic N) is 1. The summed E-state index contributed by atoms with van der Waals surface area (Å²) in [5.41, 5.74) is 0.332. The van der Waals surface area contributed by atoms with Crippen LogP contribution in [0.5, 0.6) is 0 Å². The van der Waals surface area contributed by atoms with Gasteiger partial charge in [-0.25, -0.2) is 0 Å². The van der Waals surface area contributed by atoms with Gasteiger partial charge < -0.3 is 14.6 Å². The first kappa shape index (κ1) is 16.4. The molecule has 5 aliphatic rings. The van der Waals surface area contributed by atoms with E-state index in [4.69, 9.17) is 4.42 Å². The number of hydrogen-bond donors (Lipinski definition) is 1. The molecule has 1 atom stereocenters. The summed E-state index contributed by atoms with van der Waals surface area (Å²) >= 11 is 0. The molecule has 2 heterocycles. The summed E-state index contributed by atoms with van der Waals surface area (Å²) in [5, 5.41) is 3.25. The smallest absolute Gasteiger partial charge is 0.290 e. The predicted molar refractivity (Wildman–Crippen MR) is 96.4 cm³/mol. The highest BCUT2D eigenvalue weighted by Gasteiger charge is 2.51. The molecule has 5 nitrogen and oxygen atoms in total. The van der Waals surface area contributed by atoms with Crippen molar-refractivity contribution < 1.29 is 14.0 Å². The molecule has 1 N–H and O–H groups in total. The zero-order chi connectivity index (χ0) is 17.7. The third-order valence-corrected chi connectivity index (χ3v) is 7.35. The lowest BCUT2D eigenvalue weighted by atomic mass is 9.49. The van der Waals surface area contributed by atoms with Crippen molar-refractivity contribution in [1.82, 2.24) is 10.2 Å². The van der Waals surface area contributed by atoms with E-state index in [0.29, 0.717) is 17.7 Å². The highest BCUT2D eigenvalue weighted by Crippen LogP contribution is 2.59. The lowest BCUT2D eigenvalue weighted by molar-refractivity contribution is -0.127. The van der Waals surface area contributed by atoms with E-state index in [1.54, 1.807) is 17.0 Å². The molecule has 0 spiro atoms. The van der Waals surface area contributed by atoms with Crippen LogP contribution in [-0.4, -0.2) is 35.8 Å². The third kappa shape index (κ3) is 2.76. The Morgan fingerprint density at radius 2 is 1.85 bits per heavy atom. The van der Waals surface area contributed by atoms with Gasteiger partial charge in [0, 0.05) is 13.1 Å². The van der Waals surface area contributed by atoms with Gasteiger partial charge in [-0.15, -0.1) is 0 Å². The maximum atomic E-state index is 12.9. The highest BCUT2D eigenvalue weighted by atomic mass is 16.3. The molecule has 1 aromatic heterocycles. The van der Waals surface area contributed by atoms with Gasteiger partial charge in [0.05, 0.1) is 6.26 Å². The molecule has 4 aliphatic carbocycles. The number of carbonyl (C=O) groups excluding carboxylic acids is 2. The van der Waals surface area contributed by atoms with Crippen LogP contribution in [0.4, 0.5) is 0 Å². The van der Waals surface area contributed by atoms with Gasteiger partial charge in [-0.2, -0.15) is 0 Å². The van der Waals surface area contributed by atoms with Crippen LogP contribution < -0.4 is 5.32 Å². The average molecular weight is 356 g/mol. The first-order chi connectivity index (χ1) is 12.6. The van der Waals surface area contributed by atoms with Gasteiger partial charge in [-0.1, -0.05) is 0 Å². The zero-order valence-electron chi connectivity index (χ0n) is 15.3.